The van der Waals surface area contributed by atoms with Crippen molar-refractivity contribution in [3.63, 3.8) is 0 Å². The van der Waals surface area contributed by atoms with Crippen molar-refractivity contribution < 1.29 is 0 Å². The van der Waals surface area contributed by atoms with Crippen LogP contribution >= 0.6 is 11.8 Å². The van der Waals surface area contributed by atoms with Crippen LogP contribution in [0, 0.1) is 13.8 Å². The molecule has 0 aliphatic heterocycles. The first kappa shape index (κ1) is 14.0. The smallest absolute Gasteiger partial charge is 0.192 e. The van der Waals surface area contributed by atoms with Crippen molar-refractivity contribution in [2.45, 2.75) is 37.4 Å². The molecule has 0 aliphatic rings. The van der Waals surface area contributed by atoms with Crippen molar-refractivity contribution in [3.8, 4) is 0 Å². The summed E-state index contributed by atoms with van der Waals surface area (Å²) in [5, 5.41) is 4.13. The van der Waals surface area contributed by atoms with E-state index in [1.807, 2.05) is 19.3 Å². The summed E-state index contributed by atoms with van der Waals surface area (Å²) in [4.78, 5) is 9.86. The Kier molecular flexibility index (Phi) is 4.93. The van der Waals surface area contributed by atoms with Crippen LogP contribution in [-0.2, 0) is 6.54 Å². The molecule has 1 aromatic carbocycles. The molecule has 0 saturated carbocycles. The summed E-state index contributed by atoms with van der Waals surface area (Å²) in [6.07, 6.45) is 3.70. The van der Waals surface area contributed by atoms with Crippen LogP contribution in [0.2, 0.25) is 0 Å². The van der Waals surface area contributed by atoms with E-state index in [1.54, 1.807) is 11.8 Å². The molecule has 0 bridgehead atoms. The van der Waals surface area contributed by atoms with Gasteiger partial charge in [-0.1, -0.05) is 19.1 Å². The van der Waals surface area contributed by atoms with Gasteiger partial charge in [-0.15, -0.1) is 0 Å². The van der Waals surface area contributed by atoms with Gasteiger partial charge in [-0.25, -0.2) is 9.97 Å². The van der Waals surface area contributed by atoms with Crippen molar-refractivity contribution in [1.82, 2.24) is 15.3 Å². The van der Waals surface area contributed by atoms with E-state index in [0.717, 1.165) is 23.8 Å². The summed E-state index contributed by atoms with van der Waals surface area (Å²) in [6.45, 7) is 8.16. The minimum Gasteiger partial charge on any atom is -0.313 e. The Labute approximate surface area is 118 Å². The van der Waals surface area contributed by atoms with Gasteiger partial charge in [0.15, 0.2) is 5.16 Å². The average Bonchev–Trinajstić information content (AvgIpc) is 2.41. The van der Waals surface area contributed by atoms with Crippen LogP contribution in [-0.4, -0.2) is 16.5 Å². The van der Waals surface area contributed by atoms with Crippen LogP contribution < -0.4 is 5.32 Å². The Morgan fingerprint density at radius 2 is 1.89 bits per heavy atom. The molecule has 100 valence electrons. The predicted octanol–water partition coefficient (Wildman–Crippen LogP) is 3.35. The molecule has 3 nitrogen and oxygen atoms in total. The third-order valence-electron chi connectivity index (χ3n) is 2.78. The minimum absolute atomic E-state index is 0.799. The molecule has 1 N–H and O–H groups in total. The molecular formula is C15H19N3S. The van der Waals surface area contributed by atoms with Crippen molar-refractivity contribution in [2.75, 3.05) is 6.54 Å². The van der Waals surface area contributed by atoms with Crippen molar-refractivity contribution in [3.05, 3.63) is 47.3 Å². The zero-order chi connectivity index (χ0) is 13.7. The summed E-state index contributed by atoms with van der Waals surface area (Å²) in [5.74, 6) is 0. The molecule has 2 rings (SSSR count). The molecule has 0 saturated heterocycles. The molecule has 1 aromatic heterocycles. The fourth-order valence-corrected chi connectivity index (χ4v) is 2.50. The molecule has 0 atom stereocenters. The van der Waals surface area contributed by atoms with Crippen LogP contribution in [0.15, 0.2) is 40.6 Å². The predicted molar refractivity (Wildman–Crippen MR) is 79.5 cm³/mol. The highest BCUT2D eigenvalue weighted by atomic mass is 32.2. The van der Waals surface area contributed by atoms with Gasteiger partial charge in [0.1, 0.15) is 0 Å². The van der Waals surface area contributed by atoms with E-state index in [9.17, 15) is 0 Å². The highest BCUT2D eigenvalue weighted by Gasteiger charge is 2.04. The van der Waals surface area contributed by atoms with E-state index in [0.29, 0.717) is 0 Å². The van der Waals surface area contributed by atoms with Gasteiger partial charge in [-0.3, -0.25) is 0 Å². The van der Waals surface area contributed by atoms with Gasteiger partial charge in [0.2, 0.25) is 0 Å². The molecule has 1 heterocycles. The summed E-state index contributed by atoms with van der Waals surface area (Å²) in [5.41, 5.74) is 3.67. The maximum Gasteiger partial charge on any atom is 0.192 e. The maximum absolute atomic E-state index is 4.33. The standard InChI is InChI=1S/C15H19N3S/c1-4-16-10-13-5-6-14(12(3)7-13)19-15-17-8-11(2)9-18-15/h5-9,16H,4,10H2,1-3H3. The van der Waals surface area contributed by atoms with Gasteiger partial charge in [0, 0.05) is 23.8 Å². The minimum atomic E-state index is 0.799. The second kappa shape index (κ2) is 6.68. The lowest BCUT2D eigenvalue weighted by atomic mass is 10.1. The molecule has 0 fully saturated rings. The maximum atomic E-state index is 4.33. The normalized spacial score (nSPS) is 10.7. The topological polar surface area (TPSA) is 37.8 Å². The molecule has 0 unspecified atom stereocenters. The number of nitrogens with zero attached hydrogens (tertiary/aromatic N) is 2. The fourth-order valence-electron chi connectivity index (χ4n) is 1.74. The number of nitrogens with one attached hydrogen (secondary N) is 1. The summed E-state index contributed by atoms with van der Waals surface area (Å²) in [6, 6.07) is 6.53. The Balaban J connectivity index is 2.10. The quantitative estimate of drug-likeness (QED) is 0.848. The summed E-state index contributed by atoms with van der Waals surface area (Å²) in [7, 11) is 0. The SMILES string of the molecule is CCNCc1ccc(Sc2ncc(C)cn2)c(C)c1. The number of aromatic nitrogens is 2. The fraction of sp³-hybridized carbons (Fsp3) is 0.333. The number of benzene rings is 1. The van der Waals surface area contributed by atoms with Crippen molar-refractivity contribution in [1.29, 1.82) is 0 Å². The van der Waals surface area contributed by atoms with Gasteiger partial charge in [-0.2, -0.15) is 0 Å². The Hall–Kier alpha value is -1.39. The lowest BCUT2D eigenvalue weighted by Crippen LogP contribution is -2.11. The molecule has 4 heteroatoms. The Morgan fingerprint density at radius 3 is 2.53 bits per heavy atom. The Bertz CT molecular complexity index is 538. The van der Waals surface area contributed by atoms with Gasteiger partial charge >= 0.3 is 0 Å². The van der Waals surface area contributed by atoms with E-state index in [1.165, 1.54) is 16.0 Å². The highest BCUT2D eigenvalue weighted by molar-refractivity contribution is 7.99. The third kappa shape index (κ3) is 4.04. The van der Waals surface area contributed by atoms with Gasteiger partial charge in [0.25, 0.3) is 0 Å². The average molecular weight is 273 g/mol. The van der Waals surface area contributed by atoms with E-state index < -0.39 is 0 Å². The summed E-state index contributed by atoms with van der Waals surface area (Å²) < 4.78 is 0. The first-order valence-electron chi connectivity index (χ1n) is 6.46. The third-order valence-corrected chi connectivity index (χ3v) is 3.85. The first-order chi connectivity index (χ1) is 9.19. The highest BCUT2D eigenvalue weighted by Crippen LogP contribution is 2.28. The van der Waals surface area contributed by atoms with E-state index >= 15 is 0 Å². The lowest BCUT2D eigenvalue weighted by Gasteiger charge is -2.08. The lowest BCUT2D eigenvalue weighted by molar-refractivity contribution is 0.726. The van der Waals surface area contributed by atoms with Crippen LogP contribution in [0.4, 0.5) is 0 Å². The number of rotatable bonds is 5. The zero-order valence-electron chi connectivity index (χ0n) is 11.6. The molecule has 19 heavy (non-hydrogen) atoms. The van der Waals surface area contributed by atoms with Gasteiger partial charge < -0.3 is 5.32 Å². The molecule has 0 amide bonds. The van der Waals surface area contributed by atoms with Crippen LogP contribution in [0.3, 0.4) is 0 Å². The monoisotopic (exact) mass is 273 g/mol. The van der Waals surface area contributed by atoms with E-state index in [-0.39, 0.29) is 0 Å². The second-order valence-electron chi connectivity index (χ2n) is 4.53. The Morgan fingerprint density at radius 1 is 1.16 bits per heavy atom. The largest absolute Gasteiger partial charge is 0.313 e. The van der Waals surface area contributed by atoms with Crippen molar-refractivity contribution >= 4 is 11.8 Å². The van der Waals surface area contributed by atoms with Gasteiger partial charge in [0.05, 0.1) is 0 Å². The van der Waals surface area contributed by atoms with Crippen LogP contribution in [0.1, 0.15) is 23.6 Å². The first-order valence-corrected chi connectivity index (χ1v) is 7.27. The van der Waals surface area contributed by atoms with Crippen LogP contribution in [0.25, 0.3) is 0 Å². The molecule has 0 radical (unpaired) electrons. The molecule has 0 aliphatic carbocycles. The number of hydrogen-bond acceptors (Lipinski definition) is 4. The molecule has 2 aromatic rings. The zero-order valence-corrected chi connectivity index (χ0v) is 12.4. The number of hydrogen-bond donors (Lipinski definition) is 1. The van der Waals surface area contributed by atoms with E-state index in [2.05, 4.69) is 47.3 Å². The van der Waals surface area contributed by atoms with Gasteiger partial charge in [-0.05, 0) is 54.9 Å². The second-order valence-corrected chi connectivity index (χ2v) is 5.53. The number of aryl methyl sites for hydroxylation is 2. The van der Waals surface area contributed by atoms with Crippen LogP contribution in [0.5, 0.6) is 0 Å². The molecule has 0 spiro atoms. The summed E-state index contributed by atoms with van der Waals surface area (Å²) >= 11 is 1.61. The molecular weight excluding hydrogens is 254 g/mol. The van der Waals surface area contributed by atoms with E-state index in [4.69, 9.17) is 0 Å². The van der Waals surface area contributed by atoms with Crippen molar-refractivity contribution in [2.24, 2.45) is 0 Å².